The fourth-order valence-corrected chi connectivity index (χ4v) is 4.79. The summed E-state index contributed by atoms with van der Waals surface area (Å²) >= 11 is 0. The molecule has 0 saturated heterocycles. The Morgan fingerprint density at radius 2 is 1.71 bits per heavy atom. The Morgan fingerprint density at radius 1 is 1.09 bits per heavy atom. The topological polar surface area (TPSA) is 3.24 Å². The third kappa shape index (κ3) is 16.3. The number of allylic oxidation sites excluding steroid dienone is 7. The first-order valence-corrected chi connectivity index (χ1v) is 14.0. The standard InChI is InChI=1S/C16H21N.C11H22.C7H14/c1-12(2)10-14(5)11-17-15(6)8-7-9-16(17)13(3)4;1-5-7-10(3)9-11(4)8-6-2;1-7-5-3-2-4-6-7/h7-9,11H,1,3,6,10H2,2,4-5H3;5,10-11H,1,6-9H2,2-4H3;7H,2-6H2,1H3/b14-11+;;. The molecule has 0 radical (unpaired) electrons. The molecule has 1 saturated carbocycles. The summed E-state index contributed by atoms with van der Waals surface area (Å²) in [5.74, 6) is 2.76. The van der Waals surface area contributed by atoms with E-state index >= 15 is 0 Å². The lowest BCUT2D eigenvalue weighted by Gasteiger charge is -2.27. The van der Waals surface area contributed by atoms with Gasteiger partial charge < -0.3 is 4.90 Å². The fraction of sp³-hybridized carbons (Fsp3) is 0.588. The van der Waals surface area contributed by atoms with Gasteiger partial charge in [-0.25, -0.2) is 0 Å². The second-order valence-corrected chi connectivity index (χ2v) is 11.2. The molecule has 0 bridgehead atoms. The van der Waals surface area contributed by atoms with E-state index in [2.05, 4.69) is 78.1 Å². The summed E-state index contributed by atoms with van der Waals surface area (Å²) in [7, 11) is 0. The first-order valence-electron chi connectivity index (χ1n) is 14.0. The molecular formula is C34H57N. The highest BCUT2D eigenvalue weighted by molar-refractivity contribution is 5.41. The molecule has 0 N–H and O–H groups in total. The summed E-state index contributed by atoms with van der Waals surface area (Å²) in [6, 6.07) is 0. The molecule has 1 heterocycles. The lowest BCUT2D eigenvalue weighted by molar-refractivity contribution is 0.385. The van der Waals surface area contributed by atoms with Crippen molar-refractivity contribution in [2.45, 2.75) is 113 Å². The van der Waals surface area contributed by atoms with Gasteiger partial charge in [0.05, 0.1) is 0 Å². The summed E-state index contributed by atoms with van der Waals surface area (Å²) < 4.78 is 0. The van der Waals surface area contributed by atoms with E-state index in [1.165, 1.54) is 63.4 Å². The molecular weight excluding hydrogens is 422 g/mol. The average Bonchev–Trinajstić information content (AvgIpc) is 2.76. The van der Waals surface area contributed by atoms with E-state index in [0.29, 0.717) is 0 Å². The van der Waals surface area contributed by atoms with Crippen molar-refractivity contribution in [3.8, 4) is 0 Å². The van der Waals surface area contributed by atoms with Crippen molar-refractivity contribution < 1.29 is 0 Å². The van der Waals surface area contributed by atoms with Crippen LogP contribution in [0.1, 0.15) is 113 Å². The van der Waals surface area contributed by atoms with E-state index in [1.54, 1.807) is 0 Å². The molecule has 1 fully saturated rings. The zero-order valence-corrected chi connectivity index (χ0v) is 24.5. The van der Waals surface area contributed by atoms with Crippen LogP contribution < -0.4 is 0 Å². The minimum Gasteiger partial charge on any atom is -0.318 e. The lowest BCUT2D eigenvalue weighted by Crippen LogP contribution is -2.17. The number of hydrogen-bond acceptors (Lipinski definition) is 1. The second kappa shape index (κ2) is 19.2. The molecule has 2 rings (SSSR count). The van der Waals surface area contributed by atoms with Crippen LogP contribution in [0.3, 0.4) is 0 Å². The lowest BCUT2D eigenvalue weighted by atomic mass is 9.91. The van der Waals surface area contributed by atoms with Gasteiger partial charge in [-0.2, -0.15) is 0 Å². The van der Waals surface area contributed by atoms with Crippen molar-refractivity contribution in [2.75, 3.05) is 0 Å². The predicted octanol–water partition coefficient (Wildman–Crippen LogP) is 11.3. The summed E-state index contributed by atoms with van der Waals surface area (Å²) in [4.78, 5) is 2.08. The van der Waals surface area contributed by atoms with Crippen molar-refractivity contribution in [1.82, 2.24) is 4.90 Å². The largest absolute Gasteiger partial charge is 0.318 e. The first kappa shape index (κ1) is 33.0. The summed E-state index contributed by atoms with van der Waals surface area (Å²) in [6.45, 7) is 31.2. The highest BCUT2D eigenvalue weighted by atomic mass is 15.1. The molecule has 1 heteroatoms. The Hall–Kier alpha value is -2.02. The molecule has 2 unspecified atom stereocenters. The zero-order chi connectivity index (χ0) is 26.8. The van der Waals surface area contributed by atoms with Gasteiger partial charge >= 0.3 is 0 Å². The van der Waals surface area contributed by atoms with Gasteiger partial charge in [-0.3, -0.25) is 0 Å². The van der Waals surface area contributed by atoms with Crippen LogP contribution in [0.5, 0.6) is 0 Å². The molecule has 0 spiro atoms. The van der Waals surface area contributed by atoms with Crippen molar-refractivity contribution in [3.63, 3.8) is 0 Å². The Labute approximate surface area is 220 Å². The maximum atomic E-state index is 4.05. The van der Waals surface area contributed by atoms with Gasteiger partial charge in [0.2, 0.25) is 0 Å². The van der Waals surface area contributed by atoms with E-state index < -0.39 is 0 Å². The minimum absolute atomic E-state index is 0.828. The van der Waals surface area contributed by atoms with Gasteiger partial charge in [-0.15, -0.1) is 6.58 Å². The summed E-state index contributed by atoms with van der Waals surface area (Å²) in [6.07, 6.45) is 23.8. The predicted molar refractivity (Wildman–Crippen MR) is 161 cm³/mol. The third-order valence-electron chi connectivity index (χ3n) is 6.53. The van der Waals surface area contributed by atoms with Crippen molar-refractivity contribution in [1.29, 1.82) is 0 Å². The Kier molecular flexibility index (Phi) is 18.1. The van der Waals surface area contributed by atoms with Crippen molar-refractivity contribution >= 4 is 0 Å². The molecule has 0 aromatic heterocycles. The molecule has 0 amide bonds. The van der Waals surface area contributed by atoms with Crippen LogP contribution in [0.15, 0.2) is 84.9 Å². The molecule has 2 atom stereocenters. The highest BCUT2D eigenvalue weighted by Crippen LogP contribution is 2.25. The van der Waals surface area contributed by atoms with E-state index in [0.717, 1.165) is 46.7 Å². The average molecular weight is 480 g/mol. The van der Waals surface area contributed by atoms with Crippen LogP contribution >= 0.6 is 0 Å². The van der Waals surface area contributed by atoms with Crippen LogP contribution in [-0.2, 0) is 0 Å². The quantitative estimate of drug-likeness (QED) is 0.281. The Morgan fingerprint density at radius 3 is 2.17 bits per heavy atom. The maximum Gasteiger partial charge on any atom is 0.0478 e. The molecule has 1 aliphatic carbocycles. The zero-order valence-electron chi connectivity index (χ0n) is 24.5. The minimum atomic E-state index is 0.828. The smallest absolute Gasteiger partial charge is 0.0478 e. The van der Waals surface area contributed by atoms with Crippen LogP contribution in [-0.4, -0.2) is 4.90 Å². The van der Waals surface area contributed by atoms with Crippen LogP contribution in [0.25, 0.3) is 0 Å². The van der Waals surface area contributed by atoms with Crippen molar-refractivity contribution in [3.05, 3.63) is 84.9 Å². The Bertz CT molecular complexity index is 739. The fourth-order valence-electron chi connectivity index (χ4n) is 4.79. The summed E-state index contributed by atoms with van der Waals surface area (Å²) in [5, 5.41) is 0. The summed E-state index contributed by atoms with van der Waals surface area (Å²) in [5.41, 5.74) is 5.53. The van der Waals surface area contributed by atoms with Gasteiger partial charge in [0.1, 0.15) is 0 Å². The number of rotatable bonds is 10. The second-order valence-electron chi connectivity index (χ2n) is 11.2. The number of hydrogen-bond donors (Lipinski definition) is 0. The Balaban J connectivity index is 0.000000548. The number of nitrogens with zero attached hydrogens (tertiary/aromatic N) is 1. The van der Waals surface area contributed by atoms with E-state index in [4.69, 9.17) is 0 Å². The normalized spacial score (nSPS) is 17.8. The maximum absolute atomic E-state index is 4.05. The van der Waals surface area contributed by atoms with Gasteiger partial charge in [-0.1, -0.05) is 116 Å². The van der Waals surface area contributed by atoms with Crippen LogP contribution in [0.4, 0.5) is 0 Å². The van der Waals surface area contributed by atoms with Gasteiger partial charge in [0.25, 0.3) is 0 Å². The molecule has 0 aromatic rings. The van der Waals surface area contributed by atoms with E-state index in [-0.39, 0.29) is 0 Å². The SMILES string of the molecule is C=C(C)C/C(C)=C/N1C(=C)C=CC=C1C(=C)C.C=CCC(C)CC(C)CCC.CC1CCCCC1. The van der Waals surface area contributed by atoms with Gasteiger partial charge in [0.15, 0.2) is 0 Å². The van der Waals surface area contributed by atoms with Crippen LogP contribution in [0.2, 0.25) is 0 Å². The van der Waals surface area contributed by atoms with E-state index in [1.807, 2.05) is 32.1 Å². The molecule has 1 aliphatic heterocycles. The van der Waals surface area contributed by atoms with Gasteiger partial charge in [0, 0.05) is 17.6 Å². The first-order chi connectivity index (χ1) is 16.5. The molecule has 1 nitrogen and oxygen atoms in total. The molecule has 0 aromatic carbocycles. The molecule has 35 heavy (non-hydrogen) atoms. The monoisotopic (exact) mass is 479 g/mol. The third-order valence-corrected chi connectivity index (χ3v) is 6.53. The molecule has 2 aliphatic rings. The van der Waals surface area contributed by atoms with Crippen LogP contribution in [0, 0.1) is 17.8 Å². The highest BCUT2D eigenvalue weighted by Gasteiger charge is 2.12. The molecule has 198 valence electrons. The van der Waals surface area contributed by atoms with Gasteiger partial charge in [-0.05, 0) is 75.5 Å². The van der Waals surface area contributed by atoms with Crippen molar-refractivity contribution in [2.24, 2.45) is 17.8 Å². The van der Waals surface area contributed by atoms with E-state index in [9.17, 15) is 0 Å².